The molecule has 0 unspecified atom stereocenters. The summed E-state index contributed by atoms with van der Waals surface area (Å²) in [6.07, 6.45) is 0.306. The Morgan fingerprint density at radius 2 is 1.71 bits per heavy atom. The monoisotopic (exact) mass is 326 g/mol. The minimum absolute atomic E-state index is 0.0492. The second-order valence-electron chi connectivity index (χ2n) is 5.64. The Kier molecular flexibility index (Phi) is 5.95. The number of carbonyl (C=O) groups is 2. The summed E-state index contributed by atoms with van der Waals surface area (Å²) < 4.78 is 5.27. The number of nitrogens with one attached hydrogen (secondary N) is 2. The molecule has 5 nitrogen and oxygen atoms in total. The van der Waals surface area contributed by atoms with Crippen molar-refractivity contribution in [3.63, 3.8) is 0 Å². The molecule has 126 valence electrons. The molecule has 0 saturated carbocycles. The maximum atomic E-state index is 12.1. The molecular formula is C19H22N2O3. The molecule has 0 aliphatic heterocycles. The molecule has 2 rings (SSSR count). The zero-order chi connectivity index (χ0) is 17.5. The summed E-state index contributed by atoms with van der Waals surface area (Å²) in [6.45, 7) is 3.88. The smallest absolute Gasteiger partial charge is 0.224 e. The quantitative estimate of drug-likeness (QED) is 0.858. The molecule has 0 radical (unpaired) electrons. The van der Waals surface area contributed by atoms with Gasteiger partial charge in [0.15, 0.2) is 0 Å². The van der Waals surface area contributed by atoms with Crippen molar-refractivity contribution in [3.8, 4) is 5.75 Å². The average Bonchev–Trinajstić information content (AvgIpc) is 2.55. The first-order valence-electron chi connectivity index (χ1n) is 7.74. The van der Waals surface area contributed by atoms with Gasteiger partial charge in [-0.15, -0.1) is 0 Å². The number of aryl methyl sites for hydroxylation is 1. The van der Waals surface area contributed by atoms with Gasteiger partial charge in [0.2, 0.25) is 11.8 Å². The second-order valence-corrected chi connectivity index (χ2v) is 5.64. The molecule has 0 aliphatic carbocycles. The van der Waals surface area contributed by atoms with Gasteiger partial charge in [-0.05, 0) is 41.8 Å². The van der Waals surface area contributed by atoms with E-state index in [2.05, 4.69) is 10.6 Å². The Labute approximate surface area is 142 Å². The summed E-state index contributed by atoms with van der Waals surface area (Å²) in [4.78, 5) is 23.1. The van der Waals surface area contributed by atoms with E-state index in [1.807, 2.05) is 49.4 Å². The summed E-state index contributed by atoms with van der Waals surface area (Å²) >= 11 is 0. The van der Waals surface area contributed by atoms with E-state index in [4.69, 9.17) is 4.74 Å². The highest BCUT2D eigenvalue weighted by molar-refractivity contribution is 5.88. The minimum Gasteiger partial charge on any atom is -0.496 e. The number of amides is 2. The highest BCUT2D eigenvalue weighted by atomic mass is 16.5. The van der Waals surface area contributed by atoms with E-state index in [-0.39, 0.29) is 11.8 Å². The summed E-state index contributed by atoms with van der Waals surface area (Å²) in [7, 11) is 1.62. The molecule has 0 aliphatic rings. The van der Waals surface area contributed by atoms with Gasteiger partial charge in [-0.2, -0.15) is 0 Å². The third-order valence-electron chi connectivity index (χ3n) is 3.60. The molecule has 2 N–H and O–H groups in total. The van der Waals surface area contributed by atoms with Gasteiger partial charge in [0, 0.05) is 19.2 Å². The van der Waals surface area contributed by atoms with Crippen LogP contribution in [-0.4, -0.2) is 18.9 Å². The van der Waals surface area contributed by atoms with Crippen molar-refractivity contribution in [1.29, 1.82) is 0 Å². The van der Waals surface area contributed by atoms with E-state index >= 15 is 0 Å². The van der Waals surface area contributed by atoms with Crippen LogP contribution in [0.25, 0.3) is 0 Å². The van der Waals surface area contributed by atoms with Crippen LogP contribution >= 0.6 is 0 Å². The van der Waals surface area contributed by atoms with Crippen LogP contribution in [0.2, 0.25) is 0 Å². The predicted octanol–water partition coefficient (Wildman–Crippen LogP) is 2.82. The standard InChI is InChI=1S/C19H22N2O3/c1-13-4-5-16(10-18(13)24-3)11-19(23)20-12-15-6-8-17(9-7-15)21-14(2)22/h4-10H,11-12H2,1-3H3,(H,20,23)(H,21,22). The second kappa shape index (κ2) is 8.15. The van der Waals surface area contributed by atoms with Crippen molar-refractivity contribution in [2.45, 2.75) is 26.8 Å². The summed E-state index contributed by atoms with van der Waals surface area (Å²) in [5.41, 5.74) is 3.67. The topological polar surface area (TPSA) is 67.4 Å². The Morgan fingerprint density at radius 1 is 1.04 bits per heavy atom. The van der Waals surface area contributed by atoms with Crippen LogP contribution in [0.3, 0.4) is 0 Å². The SMILES string of the molecule is COc1cc(CC(=O)NCc2ccc(NC(C)=O)cc2)ccc1C. The highest BCUT2D eigenvalue weighted by Crippen LogP contribution is 2.19. The molecule has 0 heterocycles. The fourth-order valence-corrected chi connectivity index (χ4v) is 2.33. The van der Waals surface area contributed by atoms with Crippen LogP contribution in [0.1, 0.15) is 23.6 Å². The summed E-state index contributed by atoms with van der Waals surface area (Å²) in [5.74, 6) is 0.630. The largest absolute Gasteiger partial charge is 0.496 e. The number of methoxy groups -OCH3 is 1. The molecule has 24 heavy (non-hydrogen) atoms. The maximum absolute atomic E-state index is 12.1. The lowest BCUT2D eigenvalue weighted by atomic mass is 10.1. The van der Waals surface area contributed by atoms with Crippen LogP contribution in [0, 0.1) is 6.92 Å². The lowest BCUT2D eigenvalue weighted by Gasteiger charge is -2.09. The minimum atomic E-state index is -0.107. The molecule has 0 fully saturated rings. The van der Waals surface area contributed by atoms with Crippen molar-refractivity contribution >= 4 is 17.5 Å². The number of carbonyl (C=O) groups excluding carboxylic acids is 2. The molecule has 0 aromatic heterocycles. The van der Waals surface area contributed by atoms with E-state index in [9.17, 15) is 9.59 Å². The Morgan fingerprint density at radius 3 is 2.33 bits per heavy atom. The fourth-order valence-electron chi connectivity index (χ4n) is 2.33. The van der Waals surface area contributed by atoms with Crippen molar-refractivity contribution < 1.29 is 14.3 Å². The third-order valence-corrected chi connectivity index (χ3v) is 3.60. The van der Waals surface area contributed by atoms with Crippen molar-refractivity contribution in [2.75, 3.05) is 12.4 Å². The fraction of sp³-hybridized carbons (Fsp3) is 0.263. The molecule has 0 atom stereocenters. The number of benzene rings is 2. The van der Waals surface area contributed by atoms with E-state index in [1.54, 1.807) is 7.11 Å². The van der Waals surface area contributed by atoms with E-state index < -0.39 is 0 Å². The number of hydrogen-bond donors (Lipinski definition) is 2. The predicted molar refractivity (Wildman–Crippen MR) is 94.0 cm³/mol. The van der Waals surface area contributed by atoms with Crippen LogP contribution in [0.5, 0.6) is 5.75 Å². The molecule has 5 heteroatoms. The van der Waals surface area contributed by atoms with Gasteiger partial charge < -0.3 is 15.4 Å². The maximum Gasteiger partial charge on any atom is 0.224 e. The van der Waals surface area contributed by atoms with Gasteiger partial charge >= 0.3 is 0 Å². The molecule has 0 saturated heterocycles. The molecule has 0 spiro atoms. The van der Waals surface area contributed by atoms with E-state index in [1.165, 1.54) is 6.92 Å². The zero-order valence-corrected chi connectivity index (χ0v) is 14.2. The Hall–Kier alpha value is -2.82. The zero-order valence-electron chi connectivity index (χ0n) is 14.2. The highest BCUT2D eigenvalue weighted by Gasteiger charge is 2.06. The molecular weight excluding hydrogens is 304 g/mol. The Bertz CT molecular complexity index is 724. The molecule has 2 aromatic rings. The molecule has 2 amide bonds. The number of anilines is 1. The molecule has 0 bridgehead atoms. The van der Waals surface area contributed by atoms with Gasteiger partial charge in [0.1, 0.15) is 5.75 Å². The molecule has 2 aromatic carbocycles. The van der Waals surface area contributed by atoms with Crippen molar-refractivity contribution in [2.24, 2.45) is 0 Å². The summed E-state index contributed by atoms with van der Waals surface area (Å²) in [5, 5.41) is 5.60. The Balaban J connectivity index is 1.88. The van der Waals surface area contributed by atoms with Gasteiger partial charge in [0.05, 0.1) is 13.5 Å². The third kappa shape index (κ3) is 5.12. The van der Waals surface area contributed by atoms with Crippen LogP contribution in [-0.2, 0) is 22.6 Å². The van der Waals surface area contributed by atoms with Gasteiger partial charge in [-0.25, -0.2) is 0 Å². The number of ether oxygens (including phenoxy) is 1. The lowest BCUT2D eigenvalue weighted by molar-refractivity contribution is -0.120. The van der Waals surface area contributed by atoms with E-state index in [0.29, 0.717) is 13.0 Å². The van der Waals surface area contributed by atoms with Gasteiger partial charge in [-0.1, -0.05) is 24.3 Å². The van der Waals surface area contributed by atoms with Crippen molar-refractivity contribution in [3.05, 3.63) is 59.2 Å². The lowest BCUT2D eigenvalue weighted by Crippen LogP contribution is -2.24. The first-order chi connectivity index (χ1) is 11.5. The van der Waals surface area contributed by atoms with Crippen molar-refractivity contribution in [1.82, 2.24) is 5.32 Å². The van der Waals surface area contributed by atoms with Crippen LogP contribution in [0.4, 0.5) is 5.69 Å². The van der Waals surface area contributed by atoms with Gasteiger partial charge in [0.25, 0.3) is 0 Å². The first kappa shape index (κ1) is 17.5. The number of rotatable bonds is 6. The van der Waals surface area contributed by atoms with Crippen LogP contribution < -0.4 is 15.4 Å². The van der Waals surface area contributed by atoms with Crippen LogP contribution in [0.15, 0.2) is 42.5 Å². The normalized spacial score (nSPS) is 10.1. The summed E-state index contributed by atoms with van der Waals surface area (Å²) in [6, 6.07) is 13.1. The van der Waals surface area contributed by atoms with Gasteiger partial charge in [-0.3, -0.25) is 9.59 Å². The average molecular weight is 326 g/mol. The first-order valence-corrected chi connectivity index (χ1v) is 7.74. The van der Waals surface area contributed by atoms with E-state index in [0.717, 1.165) is 28.1 Å². The number of hydrogen-bond acceptors (Lipinski definition) is 3.